The van der Waals surface area contributed by atoms with E-state index < -0.39 is 0 Å². The fourth-order valence-corrected chi connectivity index (χ4v) is 3.22. The van der Waals surface area contributed by atoms with Crippen molar-refractivity contribution < 1.29 is 0 Å². The first-order valence-corrected chi connectivity index (χ1v) is 7.57. The first-order valence-electron chi connectivity index (χ1n) is 6.58. The minimum absolute atomic E-state index is 0.0890. The number of thioether (sulfide) groups is 1. The Morgan fingerprint density at radius 2 is 1.74 bits per heavy atom. The van der Waals surface area contributed by atoms with E-state index in [0.717, 1.165) is 5.75 Å². The Labute approximate surface area is 120 Å². The second kappa shape index (κ2) is 6.27. The minimum Gasteiger partial charge on any atom is -0.323 e. The molecule has 0 aliphatic heterocycles. The lowest BCUT2D eigenvalue weighted by atomic mass is 10.0. The molecule has 2 heteroatoms. The SMILES string of the molecule is Cc1cccc(SCC(N)c2ccc(C)cc2C)c1. The van der Waals surface area contributed by atoms with Crippen molar-refractivity contribution in [2.75, 3.05) is 5.75 Å². The predicted octanol–water partition coefficient (Wildman–Crippen LogP) is 4.40. The molecule has 0 radical (unpaired) electrons. The molecule has 0 aliphatic rings. The number of aryl methyl sites for hydroxylation is 3. The molecular formula is C17H21NS. The van der Waals surface area contributed by atoms with E-state index >= 15 is 0 Å². The fourth-order valence-electron chi connectivity index (χ4n) is 2.22. The Morgan fingerprint density at radius 1 is 1.00 bits per heavy atom. The van der Waals surface area contributed by atoms with Crippen LogP contribution >= 0.6 is 11.8 Å². The van der Waals surface area contributed by atoms with Gasteiger partial charge in [0.1, 0.15) is 0 Å². The Bertz CT molecular complexity index is 563. The summed E-state index contributed by atoms with van der Waals surface area (Å²) in [5.74, 6) is 0.910. The average molecular weight is 271 g/mol. The molecule has 2 N–H and O–H groups in total. The smallest absolute Gasteiger partial charge is 0.0392 e. The van der Waals surface area contributed by atoms with Crippen molar-refractivity contribution in [2.45, 2.75) is 31.7 Å². The van der Waals surface area contributed by atoms with E-state index in [1.165, 1.54) is 27.1 Å². The van der Waals surface area contributed by atoms with Gasteiger partial charge in [0.2, 0.25) is 0 Å². The van der Waals surface area contributed by atoms with Gasteiger partial charge < -0.3 is 5.73 Å². The summed E-state index contributed by atoms with van der Waals surface area (Å²) in [6, 6.07) is 15.2. The molecule has 0 saturated heterocycles. The van der Waals surface area contributed by atoms with Crippen LogP contribution in [0.5, 0.6) is 0 Å². The topological polar surface area (TPSA) is 26.0 Å². The predicted molar refractivity (Wildman–Crippen MR) is 84.7 cm³/mol. The zero-order valence-corrected chi connectivity index (χ0v) is 12.6. The van der Waals surface area contributed by atoms with E-state index in [-0.39, 0.29) is 6.04 Å². The van der Waals surface area contributed by atoms with Gasteiger partial charge in [-0.05, 0) is 44.0 Å². The standard InChI is InChI=1S/C17H21NS/c1-12-5-4-6-15(10-12)19-11-17(18)16-8-7-13(2)9-14(16)3/h4-10,17H,11,18H2,1-3H3. The molecule has 0 amide bonds. The van der Waals surface area contributed by atoms with Gasteiger partial charge in [0.25, 0.3) is 0 Å². The van der Waals surface area contributed by atoms with E-state index in [4.69, 9.17) is 5.73 Å². The molecule has 0 spiro atoms. The molecule has 1 atom stereocenters. The van der Waals surface area contributed by atoms with Crippen LogP contribution in [0.3, 0.4) is 0 Å². The van der Waals surface area contributed by atoms with Gasteiger partial charge in [-0.3, -0.25) is 0 Å². The molecule has 0 fully saturated rings. The van der Waals surface area contributed by atoms with Crippen LogP contribution in [-0.2, 0) is 0 Å². The Morgan fingerprint density at radius 3 is 2.42 bits per heavy atom. The molecule has 100 valence electrons. The third-order valence-electron chi connectivity index (χ3n) is 3.24. The summed E-state index contributed by atoms with van der Waals surface area (Å²) in [6.45, 7) is 6.37. The van der Waals surface area contributed by atoms with E-state index in [2.05, 4.69) is 63.2 Å². The number of hydrogen-bond donors (Lipinski definition) is 1. The lowest BCUT2D eigenvalue weighted by molar-refractivity contribution is 0.822. The highest BCUT2D eigenvalue weighted by Gasteiger charge is 2.09. The van der Waals surface area contributed by atoms with E-state index in [9.17, 15) is 0 Å². The molecule has 2 aromatic carbocycles. The Kier molecular flexibility index (Phi) is 4.67. The summed E-state index contributed by atoms with van der Waals surface area (Å²) in [7, 11) is 0. The number of nitrogens with two attached hydrogens (primary N) is 1. The summed E-state index contributed by atoms with van der Waals surface area (Å²) in [6.07, 6.45) is 0. The van der Waals surface area contributed by atoms with Crippen LogP contribution in [0.1, 0.15) is 28.3 Å². The first kappa shape index (κ1) is 14.2. The molecule has 0 aliphatic carbocycles. The summed E-state index contributed by atoms with van der Waals surface area (Å²) < 4.78 is 0. The highest BCUT2D eigenvalue weighted by molar-refractivity contribution is 7.99. The van der Waals surface area contributed by atoms with E-state index in [1.807, 2.05) is 11.8 Å². The van der Waals surface area contributed by atoms with Gasteiger partial charge in [0.15, 0.2) is 0 Å². The molecule has 0 saturated carbocycles. The molecule has 0 heterocycles. The number of rotatable bonds is 4. The highest BCUT2D eigenvalue weighted by atomic mass is 32.2. The van der Waals surface area contributed by atoms with Gasteiger partial charge in [-0.25, -0.2) is 0 Å². The molecule has 2 aromatic rings. The molecule has 1 nitrogen and oxygen atoms in total. The van der Waals surface area contributed by atoms with Crippen molar-refractivity contribution in [3.63, 3.8) is 0 Å². The third kappa shape index (κ3) is 3.85. The summed E-state index contributed by atoms with van der Waals surface area (Å²) in [5, 5.41) is 0. The molecule has 19 heavy (non-hydrogen) atoms. The molecule has 1 unspecified atom stereocenters. The maximum absolute atomic E-state index is 6.31. The zero-order valence-electron chi connectivity index (χ0n) is 11.8. The van der Waals surface area contributed by atoms with Crippen LogP contribution in [-0.4, -0.2) is 5.75 Å². The van der Waals surface area contributed by atoms with Crippen LogP contribution < -0.4 is 5.73 Å². The lowest BCUT2D eigenvalue weighted by Gasteiger charge is -2.15. The number of hydrogen-bond acceptors (Lipinski definition) is 2. The average Bonchev–Trinajstić information content (AvgIpc) is 2.36. The van der Waals surface area contributed by atoms with Gasteiger partial charge >= 0.3 is 0 Å². The van der Waals surface area contributed by atoms with Crippen LogP contribution in [0.4, 0.5) is 0 Å². The quantitative estimate of drug-likeness (QED) is 0.834. The summed E-state index contributed by atoms with van der Waals surface area (Å²) in [4.78, 5) is 1.29. The summed E-state index contributed by atoms with van der Waals surface area (Å²) >= 11 is 1.83. The molecule has 0 bridgehead atoms. The normalized spacial score (nSPS) is 12.4. The minimum atomic E-state index is 0.0890. The van der Waals surface area contributed by atoms with Gasteiger partial charge in [0, 0.05) is 16.7 Å². The van der Waals surface area contributed by atoms with Crippen LogP contribution in [0.15, 0.2) is 47.4 Å². The molecular weight excluding hydrogens is 250 g/mol. The van der Waals surface area contributed by atoms with Crippen molar-refractivity contribution in [3.8, 4) is 0 Å². The number of benzene rings is 2. The fraction of sp³-hybridized carbons (Fsp3) is 0.294. The highest BCUT2D eigenvalue weighted by Crippen LogP contribution is 2.25. The third-order valence-corrected chi connectivity index (χ3v) is 4.36. The van der Waals surface area contributed by atoms with Crippen molar-refractivity contribution in [3.05, 3.63) is 64.7 Å². The van der Waals surface area contributed by atoms with Crippen LogP contribution in [0, 0.1) is 20.8 Å². The first-order chi connectivity index (χ1) is 9.06. The molecule has 2 rings (SSSR count). The van der Waals surface area contributed by atoms with Gasteiger partial charge in [0.05, 0.1) is 0 Å². The Hall–Kier alpha value is -1.25. The van der Waals surface area contributed by atoms with Crippen molar-refractivity contribution >= 4 is 11.8 Å². The lowest BCUT2D eigenvalue weighted by Crippen LogP contribution is -2.14. The van der Waals surface area contributed by atoms with Crippen molar-refractivity contribution in [1.82, 2.24) is 0 Å². The van der Waals surface area contributed by atoms with Crippen molar-refractivity contribution in [1.29, 1.82) is 0 Å². The van der Waals surface area contributed by atoms with Gasteiger partial charge in [-0.15, -0.1) is 11.8 Å². The monoisotopic (exact) mass is 271 g/mol. The largest absolute Gasteiger partial charge is 0.323 e. The molecule has 0 aromatic heterocycles. The van der Waals surface area contributed by atoms with Gasteiger partial charge in [-0.1, -0.05) is 41.5 Å². The van der Waals surface area contributed by atoms with Crippen LogP contribution in [0.2, 0.25) is 0 Å². The summed E-state index contributed by atoms with van der Waals surface area (Å²) in [5.41, 5.74) is 11.4. The van der Waals surface area contributed by atoms with Crippen LogP contribution in [0.25, 0.3) is 0 Å². The van der Waals surface area contributed by atoms with Crippen molar-refractivity contribution in [2.24, 2.45) is 5.73 Å². The van der Waals surface area contributed by atoms with Gasteiger partial charge in [-0.2, -0.15) is 0 Å². The maximum atomic E-state index is 6.31. The maximum Gasteiger partial charge on any atom is 0.0392 e. The van der Waals surface area contributed by atoms with E-state index in [1.54, 1.807) is 0 Å². The zero-order chi connectivity index (χ0) is 13.8. The Balaban J connectivity index is 2.03. The second-order valence-corrected chi connectivity index (χ2v) is 6.19. The second-order valence-electron chi connectivity index (χ2n) is 5.09. The van der Waals surface area contributed by atoms with E-state index in [0.29, 0.717) is 0 Å².